The maximum Gasteiger partial charge on any atom is 0.291 e. The summed E-state index contributed by atoms with van der Waals surface area (Å²) >= 11 is 0. The highest BCUT2D eigenvalue weighted by molar-refractivity contribution is 5.98. The number of aryl methyl sites for hydroxylation is 1. The van der Waals surface area contributed by atoms with Gasteiger partial charge in [-0.25, -0.2) is 5.43 Å². The SMILES string of the molecule is CC(/C=C/c1ccccc1)=N/NC(=O)c1ccn(C)n1. The molecule has 0 atom stereocenters. The first-order chi connectivity index (χ1) is 9.65. The van der Waals surface area contributed by atoms with Gasteiger partial charge in [-0.15, -0.1) is 0 Å². The van der Waals surface area contributed by atoms with Gasteiger partial charge < -0.3 is 0 Å². The van der Waals surface area contributed by atoms with Crippen LogP contribution in [0.1, 0.15) is 23.0 Å². The Balaban J connectivity index is 1.94. The summed E-state index contributed by atoms with van der Waals surface area (Å²) in [6, 6.07) is 11.5. The van der Waals surface area contributed by atoms with Gasteiger partial charge in [0.15, 0.2) is 5.69 Å². The van der Waals surface area contributed by atoms with Crippen molar-refractivity contribution in [2.45, 2.75) is 6.92 Å². The second-order valence-electron chi connectivity index (χ2n) is 4.31. The van der Waals surface area contributed by atoms with E-state index >= 15 is 0 Å². The first-order valence-corrected chi connectivity index (χ1v) is 6.22. The predicted octanol–water partition coefficient (Wildman–Crippen LogP) is 2.24. The molecule has 1 N–H and O–H groups in total. The van der Waals surface area contributed by atoms with Crippen molar-refractivity contribution in [3.05, 3.63) is 59.9 Å². The Bertz CT molecular complexity index is 641. The van der Waals surface area contributed by atoms with Crippen LogP contribution >= 0.6 is 0 Å². The molecular weight excluding hydrogens is 252 g/mol. The zero-order chi connectivity index (χ0) is 14.4. The molecule has 0 saturated carbocycles. The van der Waals surface area contributed by atoms with Crippen molar-refractivity contribution < 1.29 is 4.79 Å². The van der Waals surface area contributed by atoms with E-state index in [0.717, 1.165) is 5.56 Å². The fraction of sp³-hybridized carbons (Fsp3) is 0.133. The number of aromatic nitrogens is 2. The molecule has 102 valence electrons. The van der Waals surface area contributed by atoms with E-state index in [4.69, 9.17) is 0 Å². The fourth-order valence-corrected chi connectivity index (χ4v) is 1.55. The molecule has 1 aromatic heterocycles. The molecule has 0 aliphatic heterocycles. The third-order valence-electron chi connectivity index (χ3n) is 2.60. The van der Waals surface area contributed by atoms with E-state index in [1.54, 1.807) is 24.0 Å². The molecule has 0 aliphatic carbocycles. The van der Waals surface area contributed by atoms with Crippen LogP contribution in [0.2, 0.25) is 0 Å². The summed E-state index contributed by atoms with van der Waals surface area (Å²) in [5, 5.41) is 8.01. The molecule has 20 heavy (non-hydrogen) atoms. The van der Waals surface area contributed by atoms with E-state index in [1.807, 2.05) is 49.4 Å². The summed E-state index contributed by atoms with van der Waals surface area (Å²) < 4.78 is 1.57. The van der Waals surface area contributed by atoms with Crippen molar-refractivity contribution in [1.82, 2.24) is 15.2 Å². The van der Waals surface area contributed by atoms with Gasteiger partial charge in [0.2, 0.25) is 0 Å². The summed E-state index contributed by atoms with van der Waals surface area (Å²) in [6.45, 7) is 1.82. The largest absolute Gasteiger partial charge is 0.291 e. The molecule has 0 saturated heterocycles. The Morgan fingerprint density at radius 1 is 1.30 bits per heavy atom. The second-order valence-corrected chi connectivity index (χ2v) is 4.31. The number of nitrogens with one attached hydrogen (secondary N) is 1. The molecular formula is C15H16N4O. The van der Waals surface area contributed by atoms with E-state index in [9.17, 15) is 4.79 Å². The van der Waals surface area contributed by atoms with Crippen LogP contribution in [0.5, 0.6) is 0 Å². The van der Waals surface area contributed by atoms with E-state index in [2.05, 4.69) is 15.6 Å². The molecule has 0 radical (unpaired) electrons. The minimum absolute atomic E-state index is 0.321. The van der Waals surface area contributed by atoms with Crippen LogP contribution in [0.15, 0.2) is 53.8 Å². The lowest BCUT2D eigenvalue weighted by Gasteiger charge is -1.97. The van der Waals surface area contributed by atoms with E-state index < -0.39 is 0 Å². The van der Waals surface area contributed by atoms with Crippen LogP contribution in [-0.4, -0.2) is 21.4 Å². The molecule has 1 aromatic carbocycles. The first kappa shape index (κ1) is 13.7. The standard InChI is InChI=1S/C15H16N4O/c1-12(8-9-13-6-4-3-5-7-13)16-17-15(20)14-10-11-19(2)18-14/h3-11H,1-2H3,(H,17,20)/b9-8+,16-12-. The minimum Gasteiger partial charge on any atom is -0.275 e. The molecule has 2 aromatic rings. The normalized spacial score (nSPS) is 11.8. The summed E-state index contributed by atoms with van der Waals surface area (Å²) in [6.07, 6.45) is 5.49. The highest BCUT2D eigenvalue weighted by Crippen LogP contribution is 2.01. The molecule has 2 rings (SSSR count). The number of carbonyl (C=O) groups is 1. The van der Waals surface area contributed by atoms with Crippen molar-refractivity contribution in [2.75, 3.05) is 0 Å². The van der Waals surface area contributed by atoms with Gasteiger partial charge in [0.05, 0.1) is 5.71 Å². The smallest absolute Gasteiger partial charge is 0.275 e. The zero-order valence-electron chi connectivity index (χ0n) is 11.4. The Kier molecular flexibility index (Phi) is 4.44. The van der Waals surface area contributed by atoms with Gasteiger partial charge in [0.25, 0.3) is 5.91 Å². The van der Waals surface area contributed by atoms with Crippen LogP contribution in [0.4, 0.5) is 0 Å². The van der Waals surface area contributed by atoms with Gasteiger partial charge in [-0.2, -0.15) is 10.2 Å². The van der Waals surface area contributed by atoms with Crippen LogP contribution < -0.4 is 5.43 Å². The molecule has 0 aliphatic rings. The van der Waals surface area contributed by atoms with Gasteiger partial charge >= 0.3 is 0 Å². The molecule has 0 fully saturated rings. The number of carbonyl (C=O) groups excluding carboxylic acids is 1. The molecule has 1 heterocycles. The van der Waals surface area contributed by atoms with Gasteiger partial charge in [-0.3, -0.25) is 9.48 Å². The van der Waals surface area contributed by atoms with Crippen LogP contribution in [0.3, 0.4) is 0 Å². The topological polar surface area (TPSA) is 59.3 Å². The van der Waals surface area contributed by atoms with Gasteiger partial charge in [0.1, 0.15) is 0 Å². The molecule has 5 heteroatoms. The van der Waals surface area contributed by atoms with Crippen LogP contribution in [0, 0.1) is 0 Å². The zero-order valence-corrected chi connectivity index (χ0v) is 11.4. The molecule has 5 nitrogen and oxygen atoms in total. The summed E-state index contributed by atoms with van der Waals surface area (Å²) in [5.41, 5.74) is 4.60. The molecule has 0 spiro atoms. The molecule has 1 amide bonds. The van der Waals surface area contributed by atoms with E-state index in [1.165, 1.54) is 0 Å². The number of rotatable bonds is 4. The number of amides is 1. The third kappa shape index (κ3) is 3.91. The van der Waals surface area contributed by atoms with Crippen molar-refractivity contribution >= 4 is 17.7 Å². The van der Waals surface area contributed by atoms with Crippen molar-refractivity contribution in [2.24, 2.45) is 12.1 Å². The first-order valence-electron chi connectivity index (χ1n) is 6.22. The maximum absolute atomic E-state index is 11.7. The number of hydrazone groups is 1. The Labute approximate surface area is 117 Å². The fourth-order valence-electron chi connectivity index (χ4n) is 1.55. The number of allylic oxidation sites excluding steroid dienone is 1. The van der Waals surface area contributed by atoms with Crippen molar-refractivity contribution in [3.63, 3.8) is 0 Å². The maximum atomic E-state index is 11.7. The molecule has 0 bridgehead atoms. The monoisotopic (exact) mass is 268 g/mol. The Morgan fingerprint density at radius 3 is 2.70 bits per heavy atom. The predicted molar refractivity (Wildman–Crippen MR) is 79.3 cm³/mol. The van der Waals surface area contributed by atoms with Gasteiger partial charge in [-0.05, 0) is 24.6 Å². The van der Waals surface area contributed by atoms with Crippen LogP contribution in [-0.2, 0) is 7.05 Å². The van der Waals surface area contributed by atoms with Crippen molar-refractivity contribution in [1.29, 1.82) is 0 Å². The Morgan fingerprint density at radius 2 is 2.05 bits per heavy atom. The number of hydrogen-bond acceptors (Lipinski definition) is 3. The van der Waals surface area contributed by atoms with Gasteiger partial charge in [0, 0.05) is 13.2 Å². The lowest BCUT2D eigenvalue weighted by atomic mass is 10.2. The minimum atomic E-state index is -0.321. The van der Waals surface area contributed by atoms with Crippen LogP contribution in [0.25, 0.3) is 6.08 Å². The molecule has 0 unspecified atom stereocenters. The van der Waals surface area contributed by atoms with E-state index in [0.29, 0.717) is 11.4 Å². The van der Waals surface area contributed by atoms with Crippen molar-refractivity contribution in [3.8, 4) is 0 Å². The quantitative estimate of drug-likeness (QED) is 0.683. The second kappa shape index (κ2) is 6.47. The average Bonchev–Trinajstić information content (AvgIpc) is 2.90. The summed E-state index contributed by atoms with van der Waals surface area (Å²) in [7, 11) is 1.76. The highest BCUT2D eigenvalue weighted by atomic mass is 16.2. The summed E-state index contributed by atoms with van der Waals surface area (Å²) in [4.78, 5) is 11.7. The summed E-state index contributed by atoms with van der Waals surface area (Å²) in [5.74, 6) is -0.321. The van der Waals surface area contributed by atoms with Gasteiger partial charge in [-0.1, -0.05) is 36.4 Å². The lowest BCUT2D eigenvalue weighted by molar-refractivity contribution is 0.0949. The average molecular weight is 268 g/mol. The highest BCUT2D eigenvalue weighted by Gasteiger charge is 2.06. The number of benzene rings is 1. The third-order valence-corrected chi connectivity index (χ3v) is 2.60. The number of nitrogens with zero attached hydrogens (tertiary/aromatic N) is 3. The lowest BCUT2D eigenvalue weighted by Crippen LogP contribution is -2.19. The van der Waals surface area contributed by atoms with E-state index in [-0.39, 0.29) is 5.91 Å². The number of hydrogen-bond donors (Lipinski definition) is 1. The Hall–Kier alpha value is -2.69.